The number of nitrogen functional groups attached to an aromatic ring is 1. The van der Waals surface area contributed by atoms with Crippen LogP contribution in [0.15, 0.2) is 54.9 Å². The minimum absolute atomic E-state index is 0.0175. The number of likely N-dealkylation sites (tertiary alicyclic amines) is 1. The van der Waals surface area contributed by atoms with E-state index in [0.29, 0.717) is 12.2 Å². The lowest BCUT2D eigenvalue weighted by molar-refractivity contribution is -0.135. The number of aromatic amines is 1. The summed E-state index contributed by atoms with van der Waals surface area (Å²) in [6.45, 7) is 0.787. The molecule has 6 heteroatoms. The molecule has 1 amide bonds. The Labute approximate surface area is 164 Å². The lowest BCUT2D eigenvalue weighted by Crippen LogP contribution is -2.39. The molecule has 0 unspecified atom stereocenters. The zero-order valence-corrected chi connectivity index (χ0v) is 15.8. The largest absolute Gasteiger partial charge is 0.384 e. The number of H-pyrrole nitrogens is 1. The van der Waals surface area contributed by atoms with Crippen molar-refractivity contribution in [1.29, 1.82) is 0 Å². The molecule has 0 bridgehead atoms. The predicted octanol–water partition coefficient (Wildman–Crippen LogP) is 3.74. The number of carbonyl (C=O) groups excluding carboxylic acids is 1. The number of rotatable bonds is 5. The fourth-order valence-corrected chi connectivity index (χ4v) is 3.97. The number of aryl methyl sites for hydroxylation is 1. The third kappa shape index (κ3) is 3.91. The van der Waals surface area contributed by atoms with Crippen LogP contribution in [0.2, 0.25) is 0 Å². The average Bonchev–Trinajstić information content (AvgIpc) is 3.22. The molecule has 1 fully saturated rings. The van der Waals surface area contributed by atoms with Crippen molar-refractivity contribution in [1.82, 2.24) is 20.1 Å². The summed E-state index contributed by atoms with van der Waals surface area (Å²) in [5.74, 6) is 0.674. The Morgan fingerprint density at radius 3 is 2.89 bits per heavy atom. The molecule has 3 heterocycles. The van der Waals surface area contributed by atoms with Gasteiger partial charge in [0.15, 0.2) is 0 Å². The maximum Gasteiger partial charge on any atom is 0.223 e. The monoisotopic (exact) mass is 375 g/mol. The smallest absolute Gasteiger partial charge is 0.223 e. The molecule has 144 valence electrons. The molecule has 1 saturated heterocycles. The average molecular weight is 375 g/mol. The number of amides is 1. The molecule has 0 radical (unpaired) electrons. The Balaban J connectivity index is 1.55. The maximum absolute atomic E-state index is 13.0. The van der Waals surface area contributed by atoms with Crippen molar-refractivity contribution in [2.24, 2.45) is 0 Å². The van der Waals surface area contributed by atoms with Gasteiger partial charge < -0.3 is 10.6 Å². The van der Waals surface area contributed by atoms with Gasteiger partial charge in [-0.15, -0.1) is 0 Å². The first-order chi connectivity index (χ1) is 13.7. The molecule has 0 aliphatic carbocycles. The minimum atomic E-state index is 0.0175. The van der Waals surface area contributed by atoms with E-state index in [4.69, 9.17) is 5.73 Å². The second kappa shape index (κ2) is 8.25. The second-order valence-electron chi connectivity index (χ2n) is 7.25. The third-order valence-electron chi connectivity index (χ3n) is 5.39. The molecule has 1 aliphatic heterocycles. The molecule has 3 aromatic rings. The first kappa shape index (κ1) is 18.2. The highest BCUT2D eigenvalue weighted by molar-refractivity contribution is 5.78. The summed E-state index contributed by atoms with van der Waals surface area (Å²) in [5.41, 5.74) is 9.99. The number of hydrogen-bond acceptors (Lipinski definition) is 4. The number of anilines is 1. The van der Waals surface area contributed by atoms with E-state index >= 15 is 0 Å². The van der Waals surface area contributed by atoms with Crippen molar-refractivity contribution in [2.75, 3.05) is 12.3 Å². The fourth-order valence-electron chi connectivity index (χ4n) is 3.97. The van der Waals surface area contributed by atoms with Gasteiger partial charge in [-0.2, -0.15) is 5.10 Å². The van der Waals surface area contributed by atoms with E-state index in [1.807, 2.05) is 41.4 Å². The van der Waals surface area contributed by atoms with Crippen LogP contribution in [0.25, 0.3) is 11.1 Å². The van der Waals surface area contributed by atoms with Crippen LogP contribution >= 0.6 is 0 Å². The van der Waals surface area contributed by atoms with Gasteiger partial charge >= 0.3 is 0 Å². The molecule has 0 saturated carbocycles. The number of aromatic nitrogens is 3. The highest BCUT2D eigenvalue weighted by atomic mass is 16.2. The molecule has 0 spiro atoms. The van der Waals surface area contributed by atoms with Crippen molar-refractivity contribution in [3.8, 4) is 11.1 Å². The summed E-state index contributed by atoms with van der Waals surface area (Å²) in [6, 6.07) is 14.0. The Morgan fingerprint density at radius 1 is 1.21 bits per heavy atom. The first-order valence-corrected chi connectivity index (χ1v) is 9.81. The maximum atomic E-state index is 13.0. The molecule has 1 atom stereocenters. The number of benzene rings is 1. The molecule has 28 heavy (non-hydrogen) atoms. The Hall–Kier alpha value is -3.15. The van der Waals surface area contributed by atoms with Gasteiger partial charge in [0.2, 0.25) is 5.91 Å². The van der Waals surface area contributed by atoms with Crippen molar-refractivity contribution >= 4 is 11.7 Å². The molecule has 2 aromatic heterocycles. The fraction of sp³-hybridized carbons (Fsp3) is 0.318. The highest BCUT2D eigenvalue weighted by Crippen LogP contribution is 2.36. The Morgan fingerprint density at radius 2 is 2.07 bits per heavy atom. The molecule has 6 nitrogen and oxygen atoms in total. The number of piperidine rings is 1. The summed E-state index contributed by atoms with van der Waals surface area (Å²) in [4.78, 5) is 19.1. The van der Waals surface area contributed by atoms with Crippen LogP contribution in [0, 0.1) is 0 Å². The van der Waals surface area contributed by atoms with Gasteiger partial charge in [-0.05, 0) is 48.9 Å². The zero-order chi connectivity index (χ0) is 19.3. The highest BCUT2D eigenvalue weighted by Gasteiger charge is 2.30. The predicted molar refractivity (Wildman–Crippen MR) is 109 cm³/mol. The Bertz CT molecular complexity index is 937. The molecule has 4 rings (SSSR count). The number of nitrogens with one attached hydrogen (secondary N) is 1. The van der Waals surface area contributed by atoms with Gasteiger partial charge in [0.1, 0.15) is 5.82 Å². The van der Waals surface area contributed by atoms with E-state index in [1.54, 1.807) is 6.20 Å². The third-order valence-corrected chi connectivity index (χ3v) is 5.39. The second-order valence-corrected chi connectivity index (χ2v) is 7.25. The van der Waals surface area contributed by atoms with E-state index in [0.717, 1.165) is 49.0 Å². The first-order valence-electron chi connectivity index (χ1n) is 9.81. The lowest BCUT2D eigenvalue weighted by Gasteiger charge is -2.36. The summed E-state index contributed by atoms with van der Waals surface area (Å²) in [6.07, 6.45) is 7.87. The molecular formula is C22H25N5O. The summed E-state index contributed by atoms with van der Waals surface area (Å²) < 4.78 is 0. The molecular weight excluding hydrogens is 350 g/mol. The van der Waals surface area contributed by atoms with E-state index in [-0.39, 0.29) is 11.9 Å². The minimum Gasteiger partial charge on any atom is -0.384 e. The van der Waals surface area contributed by atoms with Crippen LogP contribution in [-0.4, -0.2) is 32.5 Å². The van der Waals surface area contributed by atoms with Crippen molar-refractivity contribution in [3.05, 3.63) is 66.1 Å². The van der Waals surface area contributed by atoms with Crippen LogP contribution < -0.4 is 5.73 Å². The van der Waals surface area contributed by atoms with Crippen LogP contribution in [0.1, 0.15) is 43.0 Å². The van der Waals surface area contributed by atoms with Gasteiger partial charge in [0, 0.05) is 24.7 Å². The number of hydrogen-bond donors (Lipinski definition) is 2. The SMILES string of the molecule is Nc1cc(-c2cn[nH]c2[C@H]2CCCCN2C(=O)CCc2ccccc2)ccn1. The number of pyridine rings is 1. The van der Waals surface area contributed by atoms with Crippen molar-refractivity contribution < 1.29 is 4.79 Å². The summed E-state index contributed by atoms with van der Waals surface area (Å²) in [5, 5.41) is 7.41. The van der Waals surface area contributed by atoms with Gasteiger partial charge in [0.05, 0.1) is 17.9 Å². The molecule has 1 aliphatic rings. The number of nitrogens with zero attached hydrogens (tertiary/aromatic N) is 3. The normalized spacial score (nSPS) is 16.9. The van der Waals surface area contributed by atoms with Crippen LogP contribution in [0.5, 0.6) is 0 Å². The number of nitrogens with two attached hydrogens (primary N) is 1. The van der Waals surface area contributed by atoms with Crippen LogP contribution in [0.3, 0.4) is 0 Å². The van der Waals surface area contributed by atoms with Crippen LogP contribution in [-0.2, 0) is 11.2 Å². The quantitative estimate of drug-likeness (QED) is 0.711. The standard InChI is InChI=1S/C22H25N5O/c23-20-14-17(11-12-24-20)18-15-25-26-22(18)19-8-4-5-13-27(19)21(28)10-9-16-6-2-1-3-7-16/h1-3,6-7,11-12,14-15,19H,4-5,8-10,13H2,(H2,23,24)(H,25,26)/t19-/m1/s1. The van der Waals surface area contributed by atoms with Crippen molar-refractivity contribution in [3.63, 3.8) is 0 Å². The number of carbonyl (C=O) groups is 1. The van der Waals surface area contributed by atoms with Crippen LogP contribution in [0.4, 0.5) is 5.82 Å². The van der Waals surface area contributed by atoms with Gasteiger partial charge in [0.25, 0.3) is 0 Å². The topological polar surface area (TPSA) is 87.9 Å². The van der Waals surface area contributed by atoms with Gasteiger partial charge in [-0.25, -0.2) is 4.98 Å². The summed E-state index contributed by atoms with van der Waals surface area (Å²) >= 11 is 0. The zero-order valence-electron chi connectivity index (χ0n) is 15.8. The lowest BCUT2D eigenvalue weighted by atomic mass is 9.94. The summed E-state index contributed by atoms with van der Waals surface area (Å²) in [7, 11) is 0. The van der Waals surface area contributed by atoms with Gasteiger partial charge in [-0.3, -0.25) is 9.89 Å². The molecule has 3 N–H and O–H groups in total. The van der Waals surface area contributed by atoms with E-state index < -0.39 is 0 Å². The van der Waals surface area contributed by atoms with E-state index in [2.05, 4.69) is 27.3 Å². The van der Waals surface area contributed by atoms with Gasteiger partial charge in [-0.1, -0.05) is 30.3 Å². The molecule has 1 aromatic carbocycles. The van der Waals surface area contributed by atoms with Crippen molar-refractivity contribution in [2.45, 2.75) is 38.1 Å². The van der Waals surface area contributed by atoms with E-state index in [9.17, 15) is 4.79 Å². The van der Waals surface area contributed by atoms with E-state index in [1.165, 1.54) is 5.56 Å². The Kier molecular flexibility index (Phi) is 5.37.